The fourth-order valence-corrected chi connectivity index (χ4v) is 4.72. The Hall–Kier alpha value is -2.64. The summed E-state index contributed by atoms with van der Waals surface area (Å²) in [5.41, 5.74) is 3.47. The van der Waals surface area contributed by atoms with E-state index in [1.54, 1.807) is 11.3 Å². The van der Waals surface area contributed by atoms with Gasteiger partial charge in [0.25, 0.3) is 0 Å². The maximum absolute atomic E-state index is 4.69. The van der Waals surface area contributed by atoms with E-state index >= 15 is 0 Å². The molecule has 0 saturated carbocycles. The average Bonchev–Trinajstić information content (AvgIpc) is 3.26. The Bertz CT molecular complexity index is 829. The normalized spacial score (nSPS) is 12.7. The van der Waals surface area contributed by atoms with Crippen molar-refractivity contribution in [2.75, 3.05) is 0 Å². The minimum Gasteiger partial charge on any atom is -0.149 e. The molecule has 1 heteroatoms. The Balaban J connectivity index is 2.07. The third kappa shape index (κ3) is 2.79. The van der Waals surface area contributed by atoms with Crippen LogP contribution >= 0.6 is 11.3 Å². The van der Waals surface area contributed by atoms with Crippen molar-refractivity contribution in [1.82, 2.24) is 0 Å². The molecule has 1 unspecified atom stereocenters. The van der Waals surface area contributed by atoms with Crippen LogP contribution in [0.25, 0.3) is 0 Å². The second-order valence-electron chi connectivity index (χ2n) is 6.47. The van der Waals surface area contributed by atoms with Crippen molar-refractivity contribution >= 4 is 11.3 Å². The molecule has 0 amide bonds. The first kappa shape index (κ1) is 16.8. The summed E-state index contributed by atoms with van der Waals surface area (Å²) in [5.74, 6) is 0.0645. The van der Waals surface area contributed by atoms with Gasteiger partial charge in [-0.2, -0.15) is 0 Å². The molecular weight excluding hydrogens is 332 g/mol. The van der Waals surface area contributed by atoms with E-state index in [0.717, 1.165) is 0 Å². The van der Waals surface area contributed by atoms with Crippen molar-refractivity contribution in [3.05, 3.63) is 137 Å². The highest BCUT2D eigenvalue weighted by Crippen LogP contribution is 2.50. The smallest absolute Gasteiger partial charge is 0.0527 e. The molecular formula is C25H21S. The molecule has 0 aliphatic carbocycles. The topological polar surface area (TPSA) is 0 Å². The molecule has 1 heterocycles. The summed E-state index contributed by atoms with van der Waals surface area (Å²) in [4.78, 5) is 1.29. The molecule has 1 radical (unpaired) electrons. The Morgan fingerprint density at radius 1 is 0.577 bits per heavy atom. The molecule has 4 rings (SSSR count). The maximum Gasteiger partial charge on any atom is 0.0527 e. The van der Waals surface area contributed by atoms with Gasteiger partial charge in [-0.25, -0.2) is 0 Å². The Kier molecular flexibility index (Phi) is 4.73. The van der Waals surface area contributed by atoms with E-state index < -0.39 is 0 Å². The first-order valence-electron chi connectivity index (χ1n) is 8.86. The first-order valence-corrected chi connectivity index (χ1v) is 9.74. The fraction of sp³-hybridized carbons (Fsp3) is 0.0800. The van der Waals surface area contributed by atoms with E-state index in [1.807, 2.05) is 0 Å². The second-order valence-corrected chi connectivity index (χ2v) is 7.45. The third-order valence-electron chi connectivity index (χ3n) is 5.10. The summed E-state index contributed by atoms with van der Waals surface area (Å²) in [7, 11) is 0. The zero-order chi connectivity index (χ0) is 17.8. The molecule has 4 aromatic rings. The van der Waals surface area contributed by atoms with Gasteiger partial charge in [-0.15, -0.1) is 11.3 Å². The minimum absolute atomic E-state index is 0.0645. The monoisotopic (exact) mass is 353 g/mol. The summed E-state index contributed by atoms with van der Waals surface area (Å²) in [6.07, 6.45) is 0. The van der Waals surface area contributed by atoms with E-state index in [9.17, 15) is 0 Å². The SMILES string of the molecule is [CH2]C(c1cccs1)C(c1ccccc1)(c1ccccc1)c1ccccc1. The van der Waals surface area contributed by atoms with Gasteiger partial charge in [-0.3, -0.25) is 0 Å². The van der Waals surface area contributed by atoms with Crippen LogP contribution in [0.5, 0.6) is 0 Å². The molecule has 127 valence electrons. The average molecular weight is 354 g/mol. The lowest BCUT2D eigenvalue weighted by Gasteiger charge is -2.41. The van der Waals surface area contributed by atoms with E-state index in [4.69, 9.17) is 6.92 Å². The Morgan fingerprint density at radius 2 is 1.00 bits per heavy atom. The number of hydrogen-bond donors (Lipinski definition) is 0. The van der Waals surface area contributed by atoms with E-state index in [0.29, 0.717) is 0 Å². The first-order chi connectivity index (χ1) is 12.8. The van der Waals surface area contributed by atoms with Crippen molar-refractivity contribution in [3.63, 3.8) is 0 Å². The van der Waals surface area contributed by atoms with Gasteiger partial charge >= 0.3 is 0 Å². The summed E-state index contributed by atoms with van der Waals surface area (Å²) in [5, 5.41) is 2.14. The van der Waals surface area contributed by atoms with Gasteiger partial charge in [0, 0.05) is 10.8 Å². The van der Waals surface area contributed by atoms with E-state index in [1.165, 1.54) is 21.6 Å². The zero-order valence-electron chi connectivity index (χ0n) is 14.6. The van der Waals surface area contributed by atoms with Crippen molar-refractivity contribution in [2.45, 2.75) is 11.3 Å². The van der Waals surface area contributed by atoms with E-state index in [-0.39, 0.29) is 11.3 Å². The number of thiophene rings is 1. The summed E-state index contributed by atoms with van der Waals surface area (Å²) < 4.78 is 0. The van der Waals surface area contributed by atoms with Crippen LogP contribution in [0.15, 0.2) is 109 Å². The van der Waals surface area contributed by atoms with Crippen molar-refractivity contribution in [1.29, 1.82) is 0 Å². The molecule has 0 aliphatic rings. The molecule has 0 saturated heterocycles. The molecule has 0 spiro atoms. The van der Waals surface area contributed by atoms with Gasteiger partial charge in [-0.05, 0) is 35.1 Å². The highest BCUT2D eigenvalue weighted by molar-refractivity contribution is 7.10. The van der Waals surface area contributed by atoms with Crippen LogP contribution in [-0.4, -0.2) is 0 Å². The van der Waals surface area contributed by atoms with Gasteiger partial charge in [0.1, 0.15) is 0 Å². The molecule has 1 atom stereocenters. The van der Waals surface area contributed by atoms with Crippen molar-refractivity contribution < 1.29 is 0 Å². The van der Waals surface area contributed by atoms with Gasteiger partial charge in [0.15, 0.2) is 0 Å². The largest absolute Gasteiger partial charge is 0.149 e. The number of hydrogen-bond acceptors (Lipinski definition) is 1. The lowest BCUT2D eigenvalue weighted by atomic mass is 9.62. The second kappa shape index (κ2) is 7.31. The maximum atomic E-state index is 4.69. The lowest BCUT2D eigenvalue weighted by Crippen LogP contribution is -2.35. The molecule has 0 N–H and O–H groups in total. The molecule has 3 aromatic carbocycles. The summed E-state index contributed by atoms with van der Waals surface area (Å²) in [6, 6.07) is 36.6. The Labute approximate surface area is 159 Å². The predicted octanol–water partition coefficient (Wildman–Crippen LogP) is 6.70. The highest BCUT2D eigenvalue weighted by Gasteiger charge is 2.42. The van der Waals surface area contributed by atoms with E-state index in [2.05, 4.69) is 109 Å². The van der Waals surface area contributed by atoms with Crippen LogP contribution < -0.4 is 0 Å². The van der Waals surface area contributed by atoms with Gasteiger partial charge < -0.3 is 0 Å². The van der Waals surface area contributed by atoms with Crippen LogP contribution in [0, 0.1) is 6.92 Å². The molecule has 26 heavy (non-hydrogen) atoms. The lowest BCUT2D eigenvalue weighted by molar-refractivity contribution is 0.554. The number of rotatable bonds is 5. The molecule has 0 fully saturated rings. The quantitative estimate of drug-likeness (QED) is 0.350. The fourth-order valence-electron chi connectivity index (χ4n) is 3.91. The van der Waals surface area contributed by atoms with Crippen LogP contribution in [-0.2, 0) is 5.41 Å². The minimum atomic E-state index is -0.339. The third-order valence-corrected chi connectivity index (χ3v) is 6.08. The van der Waals surface area contributed by atoms with Crippen LogP contribution in [0.1, 0.15) is 27.5 Å². The Morgan fingerprint density at radius 3 is 1.35 bits per heavy atom. The summed E-state index contributed by atoms with van der Waals surface area (Å²) in [6.45, 7) is 4.69. The zero-order valence-corrected chi connectivity index (χ0v) is 15.4. The van der Waals surface area contributed by atoms with Crippen LogP contribution in [0.3, 0.4) is 0 Å². The highest BCUT2D eigenvalue weighted by atomic mass is 32.1. The van der Waals surface area contributed by atoms with Gasteiger partial charge in [-0.1, -0.05) is 97.1 Å². The molecule has 1 aromatic heterocycles. The van der Waals surface area contributed by atoms with Gasteiger partial charge in [0.2, 0.25) is 0 Å². The molecule has 0 bridgehead atoms. The molecule has 0 nitrogen and oxygen atoms in total. The number of benzene rings is 3. The molecule has 0 aliphatic heterocycles. The standard InChI is InChI=1S/C25H21S/c1-20(24-18-11-19-26-24)25(21-12-5-2-6-13-21,22-14-7-3-8-15-22)23-16-9-4-10-17-23/h2-20H,1H2. The van der Waals surface area contributed by atoms with Crippen molar-refractivity contribution in [2.24, 2.45) is 0 Å². The van der Waals surface area contributed by atoms with Crippen molar-refractivity contribution in [3.8, 4) is 0 Å². The van der Waals surface area contributed by atoms with Crippen LogP contribution in [0.4, 0.5) is 0 Å². The predicted molar refractivity (Wildman–Crippen MR) is 112 cm³/mol. The van der Waals surface area contributed by atoms with Gasteiger partial charge in [0.05, 0.1) is 5.41 Å². The summed E-state index contributed by atoms with van der Waals surface area (Å²) >= 11 is 1.78. The van der Waals surface area contributed by atoms with Crippen LogP contribution in [0.2, 0.25) is 0 Å².